The lowest BCUT2D eigenvalue weighted by atomic mass is 9.91. The van der Waals surface area contributed by atoms with Gasteiger partial charge in [-0.2, -0.15) is 0 Å². The van der Waals surface area contributed by atoms with Gasteiger partial charge in [-0.05, 0) is 48.1 Å². The first-order valence-electron chi connectivity index (χ1n) is 9.63. The van der Waals surface area contributed by atoms with Crippen LogP contribution in [0.1, 0.15) is 18.4 Å². The van der Waals surface area contributed by atoms with Gasteiger partial charge in [0, 0.05) is 29.4 Å². The fraction of sp³-hybridized carbons (Fsp3) is 0.167. The van der Waals surface area contributed by atoms with E-state index >= 15 is 0 Å². The van der Waals surface area contributed by atoms with Gasteiger partial charge >= 0.3 is 0 Å². The molecule has 0 radical (unpaired) electrons. The number of carbonyl (C=O) groups excluding carboxylic acids is 1. The minimum atomic E-state index is -0.384. The fourth-order valence-electron chi connectivity index (χ4n) is 4.19. The second-order valence-corrected chi connectivity index (χ2v) is 7.84. The lowest BCUT2D eigenvalue weighted by molar-refractivity contribution is -0.126. The Bertz CT molecular complexity index is 1250. The molecule has 0 aliphatic carbocycles. The molecule has 4 aromatic rings. The number of benzene rings is 3. The van der Waals surface area contributed by atoms with Crippen molar-refractivity contribution in [3.63, 3.8) is 0 Å². The first-order chi connectivity index (χ1) is 14.1. The summed E-state index contributed by atoms with van der Waals surface area (Å²) in [4.78, 5) is 16.7. The third-order valence-electron chi connectivity index (χ3n) is 5.79. The van der Waals surface area contributed by atoms with Gasteiger partial charge < -0.3 is 9.32 Å². The summed E-state index contributed by atoms with van der Waals surface area (Å²) in [6, 6.07) is 23.7. The summed E-state index contributed by atoms with van der Waals surface area (Å²) in [5.41, 5.74) is 3.74. The van der Waals surface area contributed by atoms with E-state index in [4.69, 9.17) is 16.6 Å². The first kappa shape index (κ1) is 17.9. The molecule has 5 heteroatoms. The van der Waals surface area contributed by atoms with Gasteiger partial charge in [-0.25, -0.2) is 0 Å². The number of fused-ring (bicyclic) bond motifs is 3. The standard InChI is InChI=1S/C24H20N2O2S/c1-15(16-12-13-21-19(14-16)18-10-6-7-11-20(18)28-21)22-23(27)25(2)24(29)26(22)17-8-4-3-5-9-17/h3-15,22H,1-2H3. The Hall–Kier alpha value is -3.18. The molecule has 5 rings (SSSR count). The Morgan fingerprint density at radius 1 is 0.931 bits per heavy atom. The van der Waals surface area contributed by atoms with E-state index in [0.29, 0.717) is 5.11 Å². The highest BCUT2D eigenvalue weighted by Crippen LogP contribution is 2.36. The van der Waals surface area contributed by atoms with Crippen molar-refractivity contribution in [1.29, 1.82) is 0 Å². The van der Waals surface area contributed by atoms with Crippen LogP contribution in [-0.2, 0) is 4.79 Å². The van der Waals surface area contributed by atoms with Crippen LogP contribution >= 0.6 is 12.2 Å². The van der Waals surface area contributed by atoms with Crippen molar-refractivity contribution in [2.75, 3.05) is 11.9 Å². The zero-order chi connectivity index (χ0) is 20.1. The van der Waals surface area contributed by atoms with Crippen LogP contribution in [0, 0.1) is 0 Å². The molecule has 1 aliphatic heterocycles. The number of nitrogens with zero attached hydrogens (tertiary/aromatic N) is 2. The molecule has 29 heavy (non-hydrogen) atoms. The molecule has 1 fully saturated rings. The van der Waals surface area contributed by atoms with Gasteiger partial charge in [0.25, 0.3) is 5.91 Å². The second kappa shape index (κ2) is 6.71. The van der Waals surface area contributed by atoms with Crippen LogP contribution in [0.15, 0.2) is 77.2 Å². The molecule has 2 heterocycles. The van der Waals surface area contributed by atoms with Crippen LogP contribution in [-0.4, -0.2) is 29.0 Å². The molecule has 1 aromatic heterocycles. The van der Waals surface area contributed by atoms with E-state index in [9.17, 15) is 4.79 Å². The van der Waals surface area contributed by atoms with Crippen LogP contribution in [0.2, 0.25) is 0 Å². The molecule has 2 atom stereocenters. The number of hydrogen-bond donors (Lipinski definition) is 0. The largest absolute Gasteiger partial charge is 0.456 e. The lowest BCUT2D eigenvalue weighted by Crippen LogP contribution is -2.38. The maximum atomic E-state index is 13.1. The van der Waals surface area contributed by atoms with Crippen LogP contribution in [0.3, 0.4) is 0 Å². The highest BCUT2D eigenvalue weighted by Gasteiger charge is 2.44. The van der Waals surface area contributed by atoms with E-state index < -0.39 is 0 Å². The predicted molar refractivity (Wildman–Crippen MR) is 120 cm³/mol. The second-order valence-electron chi connectivity index (χ2n) is 7.47. The molecule has 3 aromatic carbocycles. The minimum Gasteiger partial charge on any atom is -0.456 e. The number of rotatable bonds is 3. The number of hydrogen-bond acceptors (Lipinski definition) is 3. The third kappa shape index (κ3) is 2.73. The summed E-state index contributed by atoms with van der Waals surface area (Å²) in [6.45, 7) is 2.09. The summed E-state index contributed by atoms with van der Waals surface area (Å²) in [5.74, 6) is -0.0350. The summed E-state index contributed by atoms with van der Waals surface area (Å²) >= 11 is 5.61. The summed E-state index contributed by atoms with van der Waals surface area (Å²) in [6.07, 6.45) is 0. The smallest absolute Gasteiger partial charge is 0.252 e. The van der Waals surface area contributed by atoms with Crippen LogP contribution in [0.25, 0.3) is 21.9 Å². The van der Waals surface area contributed by atoms with Crippen molar-refractivity contribution in [1.82, 2.24) is 4.90 Å². The number of anilines is 1. The van der Waals surface area contributed by atoms with Crippen LogP contribution in [0.5, 0.6) is 0 Å². The number of furan rings is 1. The number of para-hydroxylation sites is 2. The quantitative estimate of drug-likeness (QED) is 0.436. The van der Waals surface area contributed by atoms with E-state index in [-0.39, 0.29) is 17.9 Å². The Kier molecular flexibility index (Phi) is 4.14. The monoisotopic (exact) mass is 400 g/mol. The highest BCUT2D eigenvalue weighted by atomic mass is 32.1. The van der Waals surface area contributed by atoms with Crippen molar-refractivity contribution in [3.8, 4) is 0 Å². The van der Waals surface area contributed by atoms with Crippen molar-refractivity contribution in [3.05, 3.63) is 78.4 Å². The topological polar surface area (TPSA) is 36.7 Å². The van der Waals surface area contributed by atoms with Crippen molar-refractivity contribution >= 4 is 50.9 Å². The van der Waals surface area contributed by atoms with E-state index in [1.54, 1.807) is 11.9 Å². The van der Waals surface area contributed by atoms with Crippen LogP contribution in [0.4, 0.5) is 5.69 Å². The van der Waals surface area contributed by atoms with Gasteiger partial charge in [-0.3, -0.25) is 9.69 Å². The Balaban J connectivity index is 1.61. The van der Waals surface area contributed by atoms with Crippen molar-refractivity contribution in [2.24, 2.45) is 0 Å². The van der Waals surface area contributed by atoms with Gasteiger partial charge in [-0.15, -0.1) is 0 Å². The number of thiocarbonyl (C=S) groups is 1. The predicted octanol–water partition coefficient (Wildman–Crippen LogP) is 5.32. The van der Waals surface area contributed by atoms with Crippen LogP contribution < -0.4 is 4.90 Å². The maximum absolute atomic E-state index is 13.1. The molecular formula is C24H20N2O2S. The molecule has 1 saturated heterocycles. The van der Waals surface area contributed by atoms with E-state index in [1.165, 1.54) is 0 Å². The molecule has 0 bridgehead atoms. The average molecular weight is 401 g/mol. The SMILES string of the molecule is CC(c1ccc2oc3ccccc3c2c1)C1C(=O)N(C)C(=S)N1c1ccccc1. The summed E-state index contributed by atoms with van der Waals surface area (Å²) in [5, 5.41) is 2.69. The van der Waals surface area contributed by atoms with E-state index in [1.807, 2.05) is 65.6 Å². The number of amides is 1. The molecule has 144 valence electrons. The average Bonchev–Trinajstić information content (AvgIpc) is 3.23. The normalized spacial score (nSPS) is 18.2. The fourth-order valence-corrected chi connectivity index (χ4v) is 4.50. The molecule has 2 unspecified atom stereocenters. The highest BCUT2D eigenvalue weighted by molar-refractivity contribution is 7.80. The van der Waals surface area contributed by atoms with Crippen molar-refractivity contribution < 1.29 is 9.21 Å². The third-order valence-corrected chi connectivity index (χ3v) is 6.26. The van der Waals surface area contributed by atoms with Gasteiger partial charge in [-0.1, -0.05) is 49.4 Å². The van der Waals surface area contributed by atoms with E-state index in [0.717, 1.165) is 33.2 Å². The molecule has 1 aliphatic rings. The Morgan fingerprint density at radius 3 is 2.41 bits per heavy atom. The molecule has 1 amide bonds. The van der Waals surface area contributed by atoms with E-state index in [2.05, 4.69) is 19.1 Å². The van der Waals surface area contributed by atoms with Gasteiger partial charge in [0.05, 0.1) is 0 Å². The summed E-state index contributed by atoms with van der Waals surface area (Å²) in [7, 11) is 1.75. The number of likely N-dealkylation sites (N-methyl/N-ethyl adjacent to an activating group) is 1. The zero-order valence-electron chi connectivity index (χ0n) is 16.2. The lowest BCUT2D eigenvalue weighted by Gasteiger charge is -2.28. The van der Waals surface area contributed by atoms with Gasteiger partial charge in [0.2, 0.25) is 0 Å². The Morgan fingerprint density at radius 2 is 1.62 bits per heavy atom. The molecular weight excluding hydrogens is 380 g/mol. The zero-order valence-corrected chi connectivity index (χ0v) is 17.0. The first-order valence-corrected chi connectivity index (χ1v) is 10.0. The molecule has 0 N–H and O–H groups in total. The molecule has 0 spiro atoms. The van der Waals surface area contributed by atoms with Gasteiger partial charge in [0.1, 0.15) is 17.2 Å². The summed E-state index contributed by atoms with van der Waals surface area (Å²) < 4.78 is 5.95. The molecule has 0 saturated carbocycles. The Labute approximate surface area is 174 Å². The maximum Gasteiger partial charge on any atom is 0.252 e. The number of carbonyl (C=O) groups is 1. The molecule has 4 nitrogen and oxygen atoms in total. The minimum absolute atomic E-state index is 0.0171. The van der Waals surface area contributed by atoms with Crippen molar-refractivity contribution in [2.45, 2.75) is 18.9 Å². The van der Waals surface area contributed by atoms with Gasteiger partial charge in [0.15, 0.2) is 5.11 Å².